The van der Waals surface area contributed by atoms with Crippen LogP contribution in [0.3, 0.4) is 0 Å². The fourth-order valence-electron chi connectivity index (χ4n) is 4.20. The number of aromatic nitrogens is 1. The van der Waals surface area contributed by atoms with E-state index in [1.807, 2.05) is 0 Å². The molecular formula is C22H24F2N8O3. The zero-order valence-corrected chi connectivity index (χ0v) is 18.7. The van der Waals surface area contributed by atoms with Gasteiger partial charge in [0.2, 0.25) is 0 Å². The SMILES string of the molecule is O=C(c1ccccn1)N1CCN(c2c(F)cc(N3C[C@H](CN4C=CNN4)OC3=O)cc2F)CCN1. The average Bonchev–Trinajstić information content (AvgIpc) is 3.42. The number of hydrogen-bond donors (Lipinski definition) is 3. The summed E-state index contributed by atoms with van der Waals surface area (Å²) in [5.74, 6) is -1.91. The summed E-state index contributed by atoms with van der Waals surface area (Å²) >= 11 is 0. The summed E-state index contributed by atoms with van der Waals surface area (Å²) in [6.45, 7) is 1.50. The van der Waals surface area contributed by atoms with Crippen LogP contribution in [0.25, 0.3) is 0 Å². The fourth-order valence-corrected chi connectivity index (χ4v) is 4.20. The lowest BCUT2D eigenvalue weighted by Gasteiger charge is -2.25. The molecule has 1 aromatic carbocycles. The molecule has 1 atom stereocenters. The highest BCUT2D eigenvalue weighted by Gasteiger charge is 2.35. The van der Waals surface area contributed by atoms with Crippen LogP contribution in [-0.2, 0) is 4.74 Å². The number of cyclic esters (lactones) is 1. The molecule has 3 aliphatic heterocycles. The van der Waals surface area contributed by atoms with Crippen molar-refractivity contribution in [2.75, 3.05) is 49.1 Å². The average molecular weight is 486 g/mol. The Morgan fingerprint density at radius 1 is 1.17 bits per heavy atom. The molecular weight excluding hydrogens is 462 g/mol. The molecule has 0 radical (unpaired) electrons. The van der Waals surface area contributed by atoms with Crippen molar-refractivity contribution in [3.8, 4) is 0 Å². The van der Waals surface area contributed by atoms with Gasteiger partial charge in [-0.25, -0.2) is 19.0 Å². The van der Waals surface area contributed by atoms with Gasteiger partial charge in [-0.3, -0.25) is 24.7 Å². The highest BCUT2D eigenvalue weighted by Crippen LogP contribution is 2.31. The maximum absolute atomic E-state index is 15.1. The Hall–Kier alpha value is -3.97. The third-order valence-electron chi connectivity index (χ3n) is 5.86. The van der Waals surface area contributed by atoms with Crippen LogP contribution in [0.5, 0.6) is 0 Å². The van der Waals surface area contributed by atoms with Crippen molar-refractivity contribution < 1.29 is 23.1 Å². The Labute approximate surface area is 199 Å². The van der Waals surface area contributed by atoms with Crippen molar-refractivity contribution in [1.29, 1.82) is 0 Å². The second-order valence-corrected chi connectivity index (χ2v) is 8.17. The molecule has 5 rings (SSSR count). The minimum absolute atomic E-state index is 0.0826. The molecule has 2 fully saturated rings. The van der Waals surface area contributed by atoms with Gasteiger partial charge in [-0.2, -0.15) is 0 Å². The quantitative estimate of drug-likeness (QED) is 0.570. The van der Waals surface area contributed by atoms with E-state index in [0.717, 1.165) is 12.1 Å². The predicted octanol–water partition coefficient (Wildman–Crippen LogP) is 0.948. The largest absolute Gasteiger partial charge is 0.442 e. The molecule has 2 aromatic rings. The first-order valence-electron chi connectivity index (χ1n) is 11.1. The number of rotatable bonds is 5. The lowest BCUT2D eigenvalue weighted by atomic mass is 10.2. The third kappa shape index (κ3) is 4.81. The van der Waals surface area contributed by atoms with Crippen LogP contribution in [-0.4, -0.2) is 72.4 Å². The van der Waals surface area contributed by atoms with Crippen LogP contribution < -0.4 is 26.2 Å². The molecule has 2 saturated heterocycles. The van der Waals surface area contributed by atoms with Crippen molar-refractivity contribution in [2.24, 2.45) is 0 Å². The molecule has 0 spiro atoms. The van der Waals surface area contributed by atoms with Crippen LogP contribution in [0.1, 0.15) is 10.5 Å². The van der Waals surface area contributed by atoms with E-state index in [1.54, 1.807) is 35.6 Å². The molecule has 4 heterocycles. The van der Waals surface area contributed by atoms with Crippen LogP contribution in [0.4, 0.5) is 25.0 Å². The van der Waals surface area contributed by atoms with E-state index in [-0.39, 0.29) is 49.2 Å². The summed E-state index contributed by atoms with van der Waals surface area (Å²) in [5.41, 5.74) is 8.76. The highest BCUT2D eigenvalue weighted by atomic mass is 19.1. The van der Waals surface area contributed by atoms with Crippen molar-refractivity contribution in [3.63, 3.8) is 0 Å². The Morgan fingerprint density at radius 3 is 2.71 bits per heavy atom. The first kappa shape index (κ1) is 22.8. The molecule has 1 aromatic heterocycles. The van der Waals surface area contributed by atoms with Crippen LogP contribution in [0, 0.1) is 11.6 Å². The van der Waals surface area contributed by atoms with Crippen LogP contribution in [0.2, 0.25) is 0 Å². The number of nitrogens with one attached hydrogen (secondary N) is 3. The van der Waals surface area contributed by atoms with Gasteiger partial charge in [-0.05, 0) is 12.1 Å². The van der Waals surface area contributed by atoms with E-state index in [1.165, 1.54) is 21.0 Å². The smallest absolute Gasteiger partial charge is 0.414 e. The number of hydrogen-bond acceptors (Lipinski definition) is 9. The van der Waals surface area contributed by atoms with Crippen molar-refractivity contribution in [2.45, 2.75) is 6.10 Å². The standard InChI is InChI=1S/C22H24F2N8O3/c23-17-11-15(31-14-16(35-22(31)34)13-30-8-5-26-28-30)12-18(24)20(17)29-7-6-27-32(10-9-29)21(33)19-3-1-2-4-25-19/h1-5,8,11-12,16,26-28H,6-7,9-10,13-14H2/t16-/m0/s1. The first-order chi connectivity index (χ1) is 17.0. The minimum atomic E-state index is -0.797. The van der Waals surface area contributed by atoms with Crippen molar-refractivity contribution in [1.82, 2.24) is 31.4 Å². The number of nitrogens with zero attached hydrogens (tertiary/aromatic N) is 5. The van der Waals surface area contributed by atoms with Gasteiger partial charge in [0.1, 0.15) is 17.5 Å². The van der Waals surface area contributed by atoms with Crippen LogP contribution >= 0.6 is 0 Å². The summed E-state index contributed by atoms with van der Waals surface area (Å²) < 4.78 is 35.6. The molecule has 13 heteroatoms. The van der Waals surface area contributed by atoms with E-state index in [4.69, 9.17) is 4.74 Å². The number of ether oxygens (including phenoxy) is 1. The first-order valence-corrected chi connectivity index (χ1v) is 11.1. The van der Waals surface area contributed by atoms with Gasteiger partial charge in [0.25, 0.3) is 5.91 Å². The molecule has 184 valence electrons. The molecule has 0 aliphatic carbocycles. The summed E-state index contributed by atoms with van der Waals surface area (Å²) in [6.07, 6.45) is 3.81. The number of hydrazine groups is 3. The van der Waals surface area contributed by atoms with E-state index in [2.05, 4.69) is 21.4 Å². The number of benzene rings is 1. The maximum Gasteiger partial charge on any atom is 0.414 e. The van der Waals surface area contributed by atoms with E-state index >= 15 is 8.78 Å². The number of pyridine rings is 1. The topological polar surface area (TPSA) is 105 Å². The monoisotopic (exact) mass is 486 g/mol. The predicted molar refractivity (Wildman–Crippen MR) is 122 cm³/mol. The Balaban J connectivity index is 1.27. The Kier molecular flexibility index (Phi) is 6.33. The van der Waals surface area contributed by atoms with Crippen LogP contribution in [0.15, 0.2) is 48.9 Å². The van der Waals surface area contributed by atoms with Gasteiger partial charge < -0.3 is 15.1 Å². The van der Waals surface area contributed by atoms with Gasteiger partial charge in [0.05, 0.1) is 25.3 Å². The molecule has 11 nitrogen and oxygen atoms in total. The maximum atomic E-state index is 15.1. The van der Waals surface area contributed by atoms with Gasteiger partial charge in [-0.1, -0.05) is 6.07 Å². The second-order valence-electron chi connectivity index (χ2n) is 8.17. The molecule has 3 N–H and O–H groups in total. The number of carbonyl (C=O) groups excluding carboxylic acids is 2. The normalized spacial score (nSPS) is 20.2. The number of carbonyl (C=O) groups is 2. The molecule has 35 heavy (non-hydrogen) atoms. The summed E-state index contributed by atoms with van der Waals surface area (Å²) in [6, 6.07) is 7.30. The molecule has 2 amide bonds. The summed E-state index contributed by atoms with van der Waals surface area (Å²) in [5, 5.41) is 3.09. The minimum Gasteiger partial charge on any atom is -0.442 e. The lowest BCUT2D eigenvalue weighted by molar-refractivity contribution is 0.0675. The fraction of sp³-hybridized carbons (Fsp3) is 0.318. The lowest BCUT2D eigenvalue weighted by Crippen LogP contribution is -2.43. The molecule has 3 aliphatic rings. The van der Waals surface area contributed by atoms with E-state index < -0.39 is 23.8 Å². The Bertz CT molecular complexity index is 1110. The van der Waals surface area contributed by atoms with Gasteiger partial charge in [0.15, 0.2) is 11.6 Å². The number of amides is 2. The number of halogens is 2. The summed E-state index contributed by atoms with van der Waals surface area (Å²) in [4.78, 5) is 31.8. The second kappa shape index (κ2) is 9.72. The highest BCUT2D eigenvalue weighted by molar-refractivity contribution is 5.92. The zero-order valence-electron chi connectivity index (χ0n) is 18.7. The van der Waals surface area contributed by atoms with E-state index in [0.29, 0.717) is 13.1 Å². The third-order valence-corrected chi connectivity index (χ3v) is 5.86. The Morgan fingerprint density at radius 2 is 2.00 bits per heavy atom. The van der Waals surface area contributed by atoms with Crippen molar-refractivity contribution >= 4 is 23.4 Å². The van der Waals surface area contributed by atoms with Gasteiger partial charge in [0, 0.05) is 50.4 Å². The zero-order chi connectivity index (χ0) is 24.4. The van der Waals surface area contributed by atoms with E-state index in [9.17, 15) is 9.59 Å². The summed E-state index contributed by atoms with van der Waals surface area (Å²) in [7, 11) is 0. The van der Waals surface area contributed by atoms with Gasteiger partial charge in [-0.15, -0.1) is 5.53 Å². The molecule has 0 bridgehead atoms. The number of anilines is 2. The van der Waals surface area contributed by atoms with Gasteiger partial charge >= 0.3 is 6.09 Å². The molecule has 0 saturated carbocycles. The molecule has 0 unspecified atom stereocenters. The van der Waals surface area contributed by atoms with Crippen molar-refractivity contribution in [3.05, 3.63) is 66.3 Å².